The molecule has 19 heavy (non-hydrogen) atoms. The normalized spacial score (nSPS) is 10.4. The number of halogens is 1. The lowest BCUT2D eigenvalue weighted by atomic mass is 10.3. The smallest absolute Gasteiger partial charge is 0.271 e. The third-order valence-electron chi connectivity index (χ3n) is 2.30. The minimum Gasteiger partial charge on any atom is -0.484 e. The van der Waals surface area contributed by atoms with E-state index >= 15 is 0 Å². The number of benzene rings is 1. The fourth-order valence-corrected chi connectivity index (χ4v) is 1.58. The number of nitrogens with zero attached hydrogens (tertiary/aromatic N) is 3. The third-order valence-corrected chi connectivity index (χ3v) is 2.59. The first-order valence-electron chi connectivity index (χ1n) is 5.48. The van der Waals surface area contributed by atoms with Gasteiger partial charge in [-0.2, -0.15) is 4.98 Å². The molecule has 0 amide bonds. The maximum absolute atomic E-state index is 10.6. The molecule has 0 fully saturated rings. The number of nitro benzene ring substituents is 1. The SMILES string of the molecule is CCc1nc(COc2ccc([N+](=O)[O-])cc2Cl)no1. The van der Waals surface area contributed by atoms with Gasteiger partial charge in [0.25, 0.3) is 5.69 Å². The molecule has 0 unspecified atom stereocenters. The van der Waals surface area contributed by atoms with Gasteiger partial charge >= 0.3 is 0 Å². The van der Waals surface area contributed by atoms with Crippen molar-refractivity contribution in [2.24, 2.45) is 0 Å². The average Bonchev–Trinajstić information content (AvgIpc) is 2.85. The van der Waals surface area contributed by atoms with E-state index in [4.69, 9.17) is 20.9 Å². The Morgan fingerprint density at radius 3 is 2.89 bits per heavy atom. The molecule has 0 aliphatic heterocycles. The van der Waals surface area contributed by atoms with E-state index in [1.54, 1.807) is 0 Å². The van der Waals surface area contributed by atoms with E-state index in [0.29, 0.717) is 23.9 Å². The molecule has 8 heteroatoms. The molecule has 1 aromatic heterocycles. The Bertz CT molecular complexity index is 599. The van der Waals surface area contributed by atoms with Gasteiger partial charge in [-0.1, -0.05) is 23.7 Å². The van der Waals surface area contributed by atoms with E-state index in [2.05, 4.69) is 10.1 Å². The first-order chi connectivity index (χ1) is 9.10. The zero-order chi connectivity index (χ0) is 13.8. The van der Waals surface area contributed by atoms with Gasteiger partial charge in [0.2, 0.25) is 11.7 Å². The molecular formula is C11H10ClN3O4. The van der Waals surface area contributed by atoms with Crippen LogP contribution in [0.25, 0.3) is 0 Å². The van der Waals surface area contributed by atoms with Crippen molar-refractivity contribution in [2.45, 2.75) is 20.0 Å². The predicted octanol–water partition coefficient (Wildman–Crippen LogP) is 2.77. The van der Waals surface area contributed by atoms with Crippen LogP contribution in [-0.2, 0) is 13.0 Å². The molecule has 7 nitrogen and oxygen atoms in total. The standard InChI is InChI=1S/C11H10ClN3O4/c1-2-11-13-10(14-19-11)6-18-9-4-3-7(15(16)17)5-8(9)12/h3-5H,2,6H2,1H3. The maximum atomic E-state index is 10.6. The number of aromatic nitrogens is 2. The van der Waals surface area contributed by atoms with Gasteiger partial charge in [0.05, 0.1) is 9.95 Å². The Morgan fingerprint density at radius 2 is 2.32 bits per heavy atom. The monoisotopic (exact) mass is 283 g/mol. The second-order valence-electron chi connectivity index (χ2n) is 3.62. The lowest BCUT2D eigenvalue weighted by Gasteiger charge is -2.04. The lowest BCUT2D eigenvalue weighted by molar-refractivity contribution is -0.384. The Hall–Kier alpha value is -2.15. The molecule has 0 spiro atoms. The highest BCUT2D eigenvalue weighted by Gasteiger charge is 2.11. The third kappa shape index (κ3) is 3.19. The van der Waals surface area contributed by atoms with Gasteiger partial charge in [0.1, 0.15) is 5.75 Å². The lowest BCUT2D eigenvalue weighted by Crippen LogP contribution is -1.98. The number of hydrogen-bond acceptors (Lipinski definition) is 6. The number of rotatable bonds is 5. The molecule has 0 atom stereocenters. The first kappa shape index (κ1) is 13.3. The van der Waals surface area contributed by atoms with Gasteiger partial charge in [-0.3, -0.25) is 10.1 Å². The van der Waals surface area contributed by atoms with E-state index in [1.165, 1.54) is 18.2 Å². The largest absolute Gasteiger partial charge is 0.484 e. The molecule has 0 saturated carbocycles. The van der Waals surface area contributed by atoms with Crippen molar-refractivity contribution in [3.8, 4) is 5.75 Å². The molecule has 0 aliphatic rings. The summed E-state index contributed by atoms with van der Waals surface area (Å²) >= 11 is 5.88. The summed E-state index contributed by atoms with van der Waals surface area (Å²) in [5.74, 6) is 1.25. The molecule has 0 bridgehead atoms. The van der Waals surface area contributed by atoms with E-state index < -0.39 is 4.92 Å². The van der Waals surface area contributed by atoms with Gasteiger partial charge < -0.3 is 9.26 Å². The van der Waals surface area contributed by atoms with Crippen LogP contribution in [0.3, 0.4) is 0 Å². The van der Waals surface area contributed by atoms with Crippen LogP contribution >= 0.6 is 11.6 Å². The summed E-state index contributed by atoms with van der Waals surface area (Å²) in [6.07, 6.45) is 0.644. The Kier molecular flexibility index (Phi) is 3.96. The highest BCUT2D eigenvalue weighted by atomic mass is 35.5. The van der Waals surface area contributed by atoms with Crippen molar-refractivity contribution in [3.05, 3.63) is 45.1 Å². The van der Waals surface area contributed by atoms with Crippen LogP contribution in [0.4, 0.5) is 5.69 Å². The number of ether oxygens (including phenoxy) is 1. The Balaban J connectivity index is 2.05. The zero-order valence-electron chi connectivity index (χ0n) is 10.00. The van der Waals surface area contributed by atoms with E-state index in [1.807, 2.05) is 6.92 Å². The second-order valence-corrected chi connectivity index (χ2v) is 4.03. The predicted molar refractivity (Wildman–Crippen MR) is 66.1 cm³/mol. The zero-order valence-corrected chi connectivity index (χ0v) is 10.8. The van der Waals surface area contributed by atoms with Crippen molar-refractivity contribution < 1.29 is 14.2 Å². The van der Waals surface area contributed by atoms with Crippen molar-refractivity contribution in [1.82, 2.24) is 10.1 Å². The number of hydrogen-bond donors (Lipinski definition) is 0. The summed E-state index contributed by atoms with van der Waals surface area (Å²) in [5, 5.41) is 14.4. The molecule has 0 N–H and O–H groups in total. The fourth-order valence-electron chi connectivity index (χ4n) is 1.36. The van der Waals surface area contributed by atoms with Gasteiger partial charge in [-0.25, -0.2) is 0 Å². The highest BCUT2D eigenvalue weighted by molar-refractivity contribution is 6.32. The van der Waals surface area contributed by atoms with Crippen molar-refractivity contribution in [1.29, 1.82) is 0 Å². The number of non-ortho nitro benzene ring substituents is 1. The number of nitro groups is 1. The molecule has 2 aromatic rings. The maximum Gasteiger partial charge on any atom is 0.271 e. The molecule has 100 valence electrons. The quantitative estimate of drug-likeness (QED) is 0.619. The van der Waals surface area contributed by atoms with Crippen LogP contribution in [0.2, 0.25) is 5.02 Å². The van der Waals surface area contributed by atoms with E-state index in [9.17, 15) is 10.1 Å². The minimum atomic E-state index is -0.525. The van der Waals surface area contributed by atoms with Crippen molar-refractivity contribution in [2.75, 3.05) is 0 Å². The van der Waals surface area contributed by atoms with Crippen LogP contribution in [0.15, 0.2) is 22.7 Å². The highest BCUT2D eigenvalue weighted by Crippen LogP contribution is 2.29. The fraction of sp³-hybridized carbons (Fsp3) is 0.273. The molecule has 2 rings (SSSR count). The van der Waals surface area contributed by atoms with Crippen LogP contribution in [-0.4, -0.2) is 15.1 Å². The second kappa shape index (κ2) is 5.66. The molecule has 1 aromatic carbocycles. The van der Waals surface area contributed by atoms with E-state index in [-0.39, 0.29) is 17.3 Å². The summed E-state index contributed by atoms with van der Waals surface area (Å²) in [7, 11) is 0. The summed E-state index contributed by atoms with van der Waals surface area (Å²) in [6, 6.07) is 3.97. The average molecular weight is 284 g/mol. The topological polar surface area (TPSA) is 91.3 Å². The Morgan fingerprint density at radius 1 is 1.53 bits per heavy atom. The summed E-state index contributed by atoms with van der Waals surface area (Å²) in [4.78, 5) is 14.1. The van der Waals surface area contributed by atoms with Crippen LogP contribution in [0, 0.1) is 10.1 Å². The van der Waals surface area contributed by atoms with Gasteiger partial charge in [-0.05, 0) is 6.07 Å². The van der Waals surface area contributed by atoms with Crippen molar-refractivity contribution >= 4 is 17.3 Å². The molecule has 0 saturated heterocycles. The molecular weight excluding hydrogens is 274 g/mol. The van der Waals surface area contributed by atoms with Gasteiger partial charge in [-0.15, -0.1) is 0 Å². The summed E-state index contributed by atoms with van der Waals surface area (Å²) in [6.45, 7) is 1.98. The van der Waals surface area contributed by atoms with Crippen LogP contribution in [0.5, 0.6) is 5.75 Å². The first-order valence-corrected chi connectivity index (χ1v) is 5.86. The summed E-state index contributed by atoms with van der Waals surface area (Å²) in [5.41, 5.74) is -0.0924. The van der Waals surface area contributed by atoms with Gasteiger partial charge in [0.15, 0.2) is 6.61 Å². The molecule has 1 heterocycles. The van der Waals surface area contributed by atoms with Crippen LogP contribution in [0.1, 0.15) is 18.6 Å². The Labute approximate surface area is 113 Å². The molecule has 0 aliphatic carbocycles. The van der Waals surface area contributed by atoms with Crippen molar-refractivity contribution in [3.63, 3.8) is 0 Å². The van der Waals surface area contributed by atoms with Gasteiger partial charge in [0, 0.05) is 18.6 Å². The summed E-state index contributed by atoms with van der Waals surface area (Å²) < 4.78 is 10.3. The minimum absolute atomic E-state index is 0.0844. The number of aryl methyl sites for hydroxylation is 1. The van der Waals surface area contributed by atoms with E-state index in [0.717, 1.165) is 0 Å². The molecule has 0 radical (unpaired) electrons. The van der Waals surface area contributed by atoms with Crippen LogP contribution < -0.4 is 4.74 Å².